The molecule has 0 saturated carbocycles. The molecule has 3 nitrogen and oxygen atoms in total. The Bertz CT molecular complexity index is 541. The summed E-state index contributed by atoms with van der Waals surface area (Å²) in [7, 11) is 0. The number of hydrogen-bond acceptors (Lipinski definition) is 3. The van der Waals surface area contributed by atoms with Crippen LogP contribution in [0.15, 0.2) is 18.2 Å². The van der Waals surface area contributed by atoms with Gasteiger partial charge in [-0.25, -0.2) is 0 Å². The zero-order chi connectivity index (χ0) is 16.2. The van der Waals surface area contributed by atoms with Crippen molar-refractivity contribution in [1.29, 1.82) is 5.26 Å². The average Bonchev–Trinajstić information content (AvgIpc) is 2.49. The number of benzene rings is 1. The molecule has 0 aromatic heterocycles. The van der Waals surface area contributed by atoms with E-state index in [-0.39, 0.29) is 11.6 Å². The topological polar surface area (TPSA) is 39.1 Å². The van der Waals surface area contributed by atoms with Gasteiger partial charge in [-0.2, -0.15) is 18.4 Å². The van der Waals surface area contributed by atoms with Crippen LogP contribution in [0.5, 0.6) is 0 Å². The molecule has 6 heteroatoms. The summed E-state index contributed by atoms with van der Waals surface area (Å²) >= 11 is 0. The molecule has 1 N–H and O–H groups in total. The van der Waals surface area contributed by atoms with Crippen LogP contribution in [-0.2, 0) is 6.18 Å². The number of hydrogen-bond donors (Lipinski definition) is 1. The van der Waals surface area contributed by atoms with Crippen molar-refractivity contribution < 1.29 is 13.2 Å². The summed E-state index contributed by atoms with van der Waals surface area (Å²) in [5.41, 5.74) is -0.248. The van der Waals surface area contributed by atoms with Gasteiger partial charge in [0.05, 0.1) is 16.8 Å². The summed E-state index contributed by atoms with van der Waals surface area (Å²) < 4.78 is 38.0. The second-order valence-electron chi connectivity index (χ2n) is 5.63. The Balaban J connectivity index is 2.03. The van der Waals surface area contributed by atoms with Crippen molar-refractivity contribution in [3.63, 3.8) is 0 Å². The molecule has 1 aliphatic rings. The van der Waals surface area contributed by atoms with Crippen LogP contribution in [0.1, 0.15) is 37.3 Å². The molecule has 1 saturated heterocycles. The Morgan fingerprint density at radius 1 is 1.32 bits per heavy atom. The number of nitriles is 1. The average molecular weight is 311 g/mol. The van der Waals surface area contributed by atoms with Gasteiger partial charge in [-0.05, 0) is 44.0 Å². The second-order valence-corrected chi connectivity index (χ2v) is 5.63. The van der Waals surface area contributed by atoms with Gasteiger partial charge in [0, 0.05) is 19.1 Å². The number of piperidine rings is 1. The molecule has 1 aromatic carbocycles. The van der Waals surface area contributed by atoms with Gasteiger partial charge in [-0.15, -0.1) is 0 Å². The van der Waals surface area contributed by atoms with Gasteiger partial charge in [0.2, 0.25) is 0 Å². The number of nitrogens with zero attached hydrogens (tertiary/aromatic N) is 2. The van der Waals surface area contributed by atoms with Crippen LogP contribution in [0, 0.1) is 11.3 Å². The van der Waals surface area contributed by atoms with E-state index < -0.39 is 11.7 Å². The van der Waals surface area contributed by atoms with E-state index in [1.54, 1.807) is 0 Å². The van der Waals surface area contributed by atoms with Crippen LogP contribution < -0.4 is 5.32 Å². The Morgan fingerprint density at radius 3 is 2.55 bits per heavy atom. The van der Waals surface area contributed by atoms with Gasteiger partial charge in [-0.1, -0.05) is 6.92 Å². The predicted molar refractivity (Wildman–Crippen MR) is 79.5 cm³/mol. The Labute approximate surface area is 128 Å². The molecule has 2 rings (SSSR count). The number of halogens is 3. The minimum atomic E-state index is -4.42. The third-order valence-corrected chi connectivity index (χ3v) is 3.95. The third-order valence-electron chi connectivity index (χ3n) is 3.95. The zero-order valence-corrected chi connectivity index (χ0v) is 12.6. The fourth-order valence-electron chi connectivity index (χ4n) is 2.78. The Morgan fingerprint density at radius 2 is 2.00 bits per heavy atom. The van der Waals surface area contributed by atoms with E-state index in [9.17, 15) is 13.2 Å². The fraction of sp³-hybridized carbons (Fsp3) is 0.562. The molecule has 0 unspecified atom stereocenters. The lowest BCUT2D eigenvalue weighted by molar-refractivity contribution is -0.137. The number of anilines is 1. The number of nitrogens with one attached hydrogen (secondary N) is 1. The van der Waals surface area contributed by atoms with Crippen molar-refractivity contribution >= 4 is 5.69 Å². The molecule has 0 bridgehead atoms. The van der Waals surface area contributed by atoms with Crippen molar-refractivity contribution in [2.45, 2.75) is 38.4 Å². The molecule has 120 valence electrons. The zero-order valence-electron chi connectivity index (χ0n) is 12.6. The van der Waals surface area contributed by atoms with E-state index in [0.717, 1.165) is 51.0 Å². The maximum Gasteiger partial charge on any atom is 0.416 e. The molecular weight excluding hydrogens is 291 g/mol. The third kappa shape index (κ3) is 4.14. The quantitative estimate of drug-likeness (QED) is 0.917. The van der Waals surface area contributed by atoms with Crippen LogP contribution >= 0.6 is 0 Å². The summed E-state index contributed by atoms with van der Waals surface area (Å²) in [6.45, 7) is 5.18. The number of rotatable bonds is 4. The highest BCUT2D eigenvalue weighted by Gasteiger charge is 2.31. The van der Waals surface area contributed by atoms with E-state index >= 15 is 0 Å². The van der Waals surface area contributed by atoms with Gasteiger partial charge < -0.3 is 10.2 Å². The van der Waals surface area contributed by atoms with Crippen LogP contribution in [0.3, 0.4) is 0 Å². The summed E-state index contributed by atoms with van der Waals surface area (Å²) in [4.78, 5) is 2.39. The van der Waals surface area contributed by atoms with Crippen LogP contribution in [0.25, 0.3) is 0 Å². The van der Waals surface area contributed by atoms with Gasteiger partial charge in [0.1, 0.15) is 6.07 Å². The first-order valence-corrected chi connectivity index (χ1v) is 7.54. The number of alkyl halides is 3. The van der Waals surface area contributed by atoms with Crippen molar-refractivity contribution in [3.05, 3.63) is 29.3 Å². The maximum atomic E-state index is 12.7. The monoisotopic (exact) mass is 311 g/mol. The van der Waals surface area contributed by atoms with E-state index in [2.05, 4.69) is 17.1 Å². The van der Waals surface area contributed by atoms with Gasteiger partial charge in [0.15, 0.2) is 0 Å². The van der Waals surface area contributed by atoms with E-state index in [4.69, 9.17) is 5.26 Å². The normalized spacial score (nSPS) is 17.2. The Kier molecular flexibility index (Phi) is 5.30. The van der Waals surface area contributed by atoms with Gasteiger partial charge in [-0.3, -0.25) is 0 Å². The molecule has 0 amide bonds. The van der Waals surface area contributed by atoms with Crippen molar-refractivity contribution in [2.75, 3.05) is 25.0 Å². The highest BCUT2D eigenvalue weighted by atomic mass is 19.4. The van der Waals surface area contributed by atoms with Crippen molar-refractivity contribution in [1.82, 2.24) is 4.90 Å². The lowest BCUT2D eigenvalue weighted by atomic mass is 10.0. The van der Waals surface area contributed by atoms with Gasteiger partial charge in [0.25, 0.3) is 0 Å². The largest absolute Gasteiger partial charge is 0.416 e. The highest BCUT2D eigenvalue weighted by molar-refractivity contribution is 5.59. The van der Waals surface area contributed by atoms with E-state index in [1.807, 2.05) is 6.07 Å². The lowest BCUT2D eigenvalue weighted by Gasteiger charge is -2.32. The molecule has 1 aromatic rings. The van der Waals surface area contributed by atoms with E-state index in [0.29, 0.717) is 5.69 Å². The first-order chi connectivity index (χ1) is 10.4. The molecule has 0 aliphatic carbocycles. The van der Waals surface area contributed by atoms with E-state index in [1.165, 1.54) is 6.07 Å². The number of likely N-dealkylation sites (tertiary alicyclic amines) is 1. The lowest BCUT2D eigenvalue weighted by Crippen LogP contribution is -2.39. The Hall–Kier alpha value is -1.74. The fourth-order valence-corrected chi connectivity index (χ4v) is 2.78. The van der Waals surface area contributed by atoms with Crippen molar-refractivity contribution in [3.8, 4) is 6.07 Å². The first kappa shape index (κ1) is 16.6. The SMILES string of the molecule is CCCN1CCC(Nc2ccc(C(F)(F)F)cc2C#N)CC1. The highest BCUT2D eigenvalue weighted by Crippen LogP contribution is 2.32. The maximum absolute atomic E-state index is 12.7. The minimum absolute atomic E-state index is 0.0470. The molecule has 1 heterocycles. The van der Waals surface area contributed by atoms with Crippen LogP contribution in [-0.4, -0.2) is 30.6 Å². The summed E-state index contributed by atoms with van der Waals surface area (Å²) in [6, 6.07) is 5.35. The van der Waals surface area contributed by atoms with Gasteiger partial charge >= 0.3 is 6.18 Å². The smallest absolute Gasteiger partial charge is 0.381 e. The molecule has 0 atom stereocenters. The first-order valence-electron chi connectivity index (χ1n) is 7.54. The molecule has 1 aliphatic heterocycles. The predicted octanol–water partition coefficient (Wildman–Crippen LogP) is 3.86. The van der Waals surface area contributed by atoms with Crippen LogP contribution in [0.4, 0.5) is 18.9 Å². The molecule has 22 heavy (non-hydrogen) atoms. The summed E-state index contributed by atoms with van der Waals surface area (Å²) in [5.74, 6) is 0. The minimum Gasteiger partial charge on any atom is -0.381 e. The molecule has 0 radical (unpaired) electrons. The summed E-state index contributed by atoms with van der Waals surface area (Å²) in [5, 5.41) is 12.3. The standard InChI is InChI=1S/C16H20F3N3/c1-2-7-22-8-5-14(6-9-22)21-15-4-3-13(16(17,18)19)10-12(15)11-20/h3-4,10,14,21H,2,5-9H2,1H3. The second kappa shape index (κ2) is 7.01. The molecule has 1 fully saturated rings. The molecule has 0 spiro atoms. The molecular formula is C16H20F3N3. The summed E-state index contributed by atoms with van der Waals surface area (Å²) in [6.07, 6.45) is -1.43. The van der Waals surface area contributed by atoms with Crippen molar-refractivity contribution in [2.24, 2.45) is 0 Å². The van der Waals surface area contributed by atoms with Crippen LogP contribution in [0.2, 0.25) is 0 Å².